The monoisotopic (exact) mass is 372 g/mol. The molecular weight excluding hydrogens is 358 g/mol. The summed E-state index contributed by atoms with van der Waals surface area (Å²) in [6, 6.07) is 21.2. The summed E-state index contributed by atoms with van der Waals surface area (Å²) in [6.07, 6.45) is 1.60. The van der Waals surface area contributed by atoms with Crippen LogP contribution in [0.2, 0.25) is 0 Å². The van der Waals surface area contributed by atoms with Crippen molar-refractivity contribution in [2.24, 2.45) is 5.10 Å². The highest BCUT2D eigenvalue weighted by Gasteiger charge is 2.19. The van der Waals surface area contributed by atoms with E-state index >= 15 is 0 Å². The molecule has 0 unspecified atom stereocenters. The van der Waals surface area contributed by atoms with Crippen LogP contribution in [0.25, 0.3) is 33.1 Å². The van der Waals surface area contributed by atoms with Crippen LogP contribution < -0.4 is 5.43 Å². The van der Waals surface area contributed by atoms with E-state index in [1.807, 2.05) is 48.5 Å². The summed E-state index contributed by atoms with van der Waals surface area (Å²) in [4.78, 5) is 0. The minimum absolute atomic E-state index is 0.0974. The van der Waals surface area contributed by atoms with Gasteiger partial charge in [-0.25, -0.2) is 8.78 Å². The molecule has 5 rings (SSSR count). The van der Waals surface area contributed by atoms with E-state index in [0.29, 0.717) is 5.76 Å². The van der Waals surface area contributed by atoms with Gasteiger partial charge in [-0.1, -0.05) is 42.5 Å². The van der Waals surface area contributed by atoms with Crippen molar-refractivity contribution >= 4 is 33.6 Å². The topological polar surface area (TPSA) is 37.5 Å². The molecule has 0 atom stereocenters. The van der Waals surface area contributed by atoms with Crippen molar-refractivity contribution in [3.05, 3.63) is 90.0 Å². The van der Waals surface area contributed by atoms with Gasteiger partial charge in [0.15, 0.2) is 5.82 Å². The zero-order valence-corrected chi connectivity index (χ0v) is 14.6. The number of hydrazone groups is 1. The fraction of sp³-hybridized carbons (Fsp3) is 0. The molecule has 0 aromatic heterocycles. The van der Waals surface area contributed by atoms with Gasteiger partial charge in [-0.05, 0) is 35.0 Å². The van der Waals surface area contributed by atoms with E-state index in [-0.39, 0.29) is 5.69 Å². The van der Waals surface area contributed by atoms with Crippen molar-refractivity contribution < 1.29 is 13.2 Å². The Morgan fingerprint density at radius 3 is 2.50 bits per heavy atom. The molecule has 3 nitrogen and oxygen atoms in total. The van der Waals surface area contributed by atoms with Gasteiger partial charge in [0.2, 0.25) is 0 Å². The van der Waals surface area contributed by atoms with Crippen LogP contribution in [-0.4, -0.2) is 6.21 Å². The quantitative estimate of drug-likeness (QED) is 0.293. The maximum atomic E-state index is 13.8. The maximum absolute atomic E-state index is 13.8. The number of nitrogens with zero attached hydrogens (tertiary/aromatic N) is 1. The molecule has 0 amide bonds. The van der Waals surface area contributed by atoms with Crippen molar-refractivity contribution in [3.63, 3.8) is 0 Å². The molecule has 1 aliphatic carbocycles. The Hall–Kier alpha value is -3.73. The predicted octanol–water partition coefficient (Wildman–Crippen LogP) is 6.42. The predicted molar refractivity (Wildman–Crippen MR) is 108 cm³/mol. The van der Waals surface area contributed by atoms with Crippen molar-refractivity contribution in [1.82, 2.24) is 0 Å². The summed E-state index contributed by atoms with van der Waals surface area (Å²) in [5, 5.41) is 7.22. The summed E-state index contributed by atoms with van der Waals surface area (Å²) in [7, 11) is 0. The zero-order chi connectivity index (χ0) is 19.1. The van der Waals surface area contributed by atoms with E-state index in [9.17, 15) is 8.78 Å². The number of halogens is 2. The molecule has 3 aromatic carbocycles. The fourth-order valence-electron chi connectivity index (χ4n) is 3.43. The number of nitrogens with one attached hydrogen (secondary N) is 1. The lowest BCUT2D eigenvalue weighted by Gasteiger charge is -2.05. The summed E-state index contributed by atoms with van der Waals surface area (Å²) in [5.41, 5.74) is 5.29. The minimum Gasteiger partial charge on any atom is -0.455 e. The average molecular weight is 372 g/mol. The third-order valence-electron chi connectivity index (χ3n) is 4.74. The summed E-state index contributed by atoms with van der Waals surface area (Å²) >= 11 is 0. The standard InChI is InChI=1S/C23H14F2N2O/c24-15-9-10-21(20(25)12-15)27-26-13-19-17-7-3-2-6-16(17)18-11-14-5-1-4-8-22(14)28-23(18)19/h1-13,27H/b26-13+. The smallest absolute Gasteiger partial charge is 0.151 e. The highest BCUT2D eigenvalue weighted by atomic mass is 19.1. The average Bonchev–Trinajstić information content (AvgIpc) is 3.01. The number of fused-ring (bicyclic) bond motifs is 4. The van der Waals surface area contributed by atoms with Crippen LogP contribution in [0.3, 0.4) is 0 Å². The van der Waals surface area contributed by atoms with Gasteiger partial charge >= 0.3 is 0 Å². The normalized spacial score (nSPS) is 11.8. The summed E-state index contributed by atoms with van der Waals surface area (Å²) < 4.78 is 33.0. The minimum atomic E-state index is -0.704. The van der Waals surface area contributed by atoms with Gasteiger partial charge in [0.25, 0.3) is 0 Å². The van der Waals surface area contributed by atoms with E-state index in [1.165, 1.54) is 12.1 Å². The highest BCUT2D eigenvalue weighted by molar-refractivity contribution is 6.15. The molecule has 5 heteroatoms. The number of hydrogen-bond donors (Lipinski definition) is 1. The van der Waals surface area contributed by atoms with Gasteiger partial charge in [0.05, 0.1) is 11.9 Å². The first-order chi connectivity index (χ1) is 13.7. The van der Waals surface area contributed by atoms with Gasteiger partial charge in [-0.2, -0.15) is 5.10 Å². The first-order valence-corrected chi connectivity index (χ1v) is 8.78. The Kier molecular flexibility index (Phi) is 3.79. The lowest BCUT2D eigenvalue weighted by atomic mass is 10.1. The van der Waals surface area contributed by atoms with Crippen molar-refractivity contribution in [3.8, 4) is 11.3 Å². The second-order valence-electron chi connectivity index (χ2n) is 6.48. The van der Waals surface area contributed by atoms with Crippen molar-refractivity contribution in [2.45, 2.75) is 0 Å². The van der Waals surface area contributed by atoms with E-state index < -0.39 is 11.6 Å². The van der Waals surface area contributed by atoms with Crippen LogP contribution in [0, 0.1) is 11.6 Å². The number of rotatable bonds is 3. The molecule has 28 heavy (non-hydrogen) atoms. The van der Waals surface area contributed by atoms with Crippen LogP contribution in [0.5, 0.6) is 0 Å². The van der Waals surface area contributed by atoms with E-state index in [4.69, 9.17) is 4.42 Å². The van der Waals surface area contributed by atoms with Crippen molar-refractivity contribution in [2.75, 3.05) is 5.43 Å². The Morgan fingerprint density at radius 2 is 1.64 bits per heavy atom. The summed E-state index contributed by atoms with van der Waals surface area (Å²) in [5.74, 6) is -0.624. The molecule has 0 bridgehead atoms. The van der Waals surface area contributed by atoms with E-state index in [0.717, 1.165) is 38.9 Å². The third-order valence-corrected chi connectivity index (χ3v) is 4.74. The Balaban J connectivity index is 1.64. The number of para-hydroxylation sites is 1. The molecule has 3 aromatic rings. The lowest BCUT2D eigenvalue weighted by molar-refractivity contribution is 0.585. The van der Waals surface area contributed by atoms with E-state index in [2.05, 4.69) is 16.6 Å². The second-order valence-corrected chi connectivity index (χ2v) is 6.48. The Morgan fingerprint density at radius 1 is 0.857 bits per heavy atom. The number of benzene rings is 3. The molecular formula is C23H14F2N2O. The van der Waals surface area contributed by atoms with E-state index in [1.54, 1.807) is 6.21 Å². The van der Waals surface area contributed by atoms with Crippen LogP contribution >= 0.6 is 0 Å². The molecule has 0 spiro atoms. The van der Waals surface area contributed by atoms with Gasteiger partial charge in [0.1, 0.15) is 17.2 Å². The summed E-state index contributed by atoms with van der Waals surface area (Å²) in [6.45, 7) is 0. The van der Waals surface area contributed by atoms with Gasteiger partial charge < -0.3 is 4.42 Å². The number of anilines is 1. The third kappa shape index (κ3) is 2.68. The van der Waals surface area contributed by atoms with Gasteiger partial charge in [0, 0.05) is 22.6 Å². The largest absolute Gasteiger partial charge is 0.455 e. The van der Waals surface area contributed by atoms with Crippen LogP contribution in [-0.2, 0) is 0 Å². The van der Waals surface area contributed by atoms with Gasteiger partial charge in [-0.15, -0.1) is 0 Å². The Labute approximate surface area is 159 Å². The number of hydrogen-bond acceptors (Lipinski definition) is 3. The molecule has 136 valence electrons. The molecule has 0 fully saturated rings. The molecule has 0 radical (unpaired) electrons. The van der Waals surface area contributed by atoms with Crippen LogP contribution in [0.1, 0.15) is 5.56 Å². The molecule has 0 saturated heterocycles. The molecule has 1 aliphatic heterocycles. The first-order valence-electron chi connectivity index (χ1n) is 8.78. The molecule has 1 N–H and O–H groups in total. The van der Waals surface area contributed by atoms with Gasteiger partial charge in [-0.3, -0.25) is 5.43 Å². The SMILES string of the molecule is Fc1ccc(N/N=C/c2c3oc4ccccc4cc-3c3ccccc23)c(F)c1. The van der Waals surface area contributed by atoms with Crippen LogP contribution in [0.15, 0.2) is 82.3 Å². The fourth-order valence-corrected chi connectivity index (χ4v) is 3.43. The lowest BCUT2D eigenvalue weighted by Crippen LogP contribution is -1.94. The zero-order valence-electron chi connectivity index (χ0n) is 14.6. The molecule has 1 heterocycles. The van der Waals surface area contributed by atoms with Crippen LogP contribution in [0.4, 0.5) is 14.5 Å². The maximum Gasteiger partial charge on any atom is 0.151 e. The molecule has 2 aliphatic rings. The van der Waals surface area contributed by atoms with Crippen molar-refractivity contribution in [1.29, 1.82) is 0 Å². The second kappa shape index (κ2) is 6.46. The first kappa shape index (κ1) is 16.4. The molecule has 0 saturated carbocycles. The Bertz CT molecular complexity index is 1320. The highest BCUT2D eigenvalue weighted by Crippen LogP contribution is 2.40.